The van der Waals surface area contributed by atoms with E-state index >= 15 is 0 Å². The van der Waals surface area contributed by atoms with Crippen LogP contribution in [0.25, 0.3) is 11.0 Å². The molecule has 4 N–H and O–H groups in total. The molecule has 0 saturated heterocycles. The average molecular weight is 178 g/mol. The lowest BCUT2D eigenvalue weighted by atomic mass is 10.2. The zero-order valence-electron chi connectivity index (χ0n) is 7.00. The Morgan fingerprint density at radius 1 is 1.38 bits per heavy atom. The molecule has 13 heavy (non-hydrogen) atoms. The summed E-state index contributed by atoms with van der Waals surface area (Å²) in [4.78, 5) is 20.3. The summed E-state index contributed by atoms with van der Waals surface area (Å²) >= 11 is 0. The molecule has 0 aromatic carbocycles. The monoisotopic (exact) mass is 178 g/mol. The fourth-order valence-electron chi connectivity index (χ4n) is 1.26. The van der Waals surface area contributed by atoms with Crippen molar-refractivity contribution < 1.29 is 0 Å². The van der Waals surface area contributed by atoms with Gasteiger partial charge in [-0.25, -0.2) is 4.79 Å². The maximum absolute atomic E-state index is 10.9. The minimum atomic E-state index is -0.207. The summed E-state index contributed by atoms with van der Waals surface area (Å²) in [6.45, 7) is 0.563. The third-order valence-corrected chi connectivity index (χ3v) is 1.86. The number of H-pyrrole nitrogens is 2. The highest BCUT2D eigenvalue weighted by molar-refractivity contribution is 5.73. The first-order valence-electron chi connectivity index (χ1n) is 4.06. The molecule has 5 heteroatoms. The number of hydrogen-bond donors (Lipinski definition) is 3. The fraction of sp³-hybridized carbons (Fsp3) is 0.250. The molecule has 5 nitrogen and oxygen atoms in total. The largest absolute Gasteiger partial charge is 0.330 e. The van der Waals surface area contributed by atoms with Crippen LogP contribution < -0.4 is 11.4 Å². The predicted molar refractivity (Wildman–Crippen MR) is 49.5 cm³/mol. The number of hydrogen-bond acceptors (Lipinski definition) is 3. The fourth-order valence-corrected chi connectivity index (χ4v) is 1.26. The van der Waals surface area contributed by atoms with E-state index in [-0.39, 0.29) is 5.69 Å². The molecule has 0 saturated carbocycles. The normalized spacial score (nSPS) is 10.8. The van der Waals surface area contributed by atoms with Gasteiger partial charge < -0.3 is 15.7 Å². The highest BCUT2D eigenvalue weighted by Crippen LogP contribution is 2.06. The minimum Gasteiger partial charge on any atom is -0.330 e. The van der Waals surface area contributed by atoms with Crippen LogP contribution in [0.5, 0.6) is 0 Å². The Labute approximate surface area is 74.0 Å². The quantitative estimate of drug-likeness (QED) is 0.592. The SMILES string of the molecule is NCCc1cc2[nH]c(=O)[nH]c2cn1. The van der Waals surface area contributed by atoms with Crippen LogP contribution >= 0.6 is 0 Å². The van der Waals surface area contributed by atoms with Crippen LogP contribution in [0.3, 0.4) is 0 Å². The van der Waals surface area contributed by atoms with E-state index in [1.54, 1.807) is 6.20 Å². The summed E-state index contributed by atoms with van der Waals surface area (Å²) in [7, 11) is 0. The summed E-state index contributed by atoms with van der Waals surface area (Å²) in [6.07, 6.45) is 2.36. The third-order valence-electron chi connectivity index (χ3n) is 1.86. The smallest absolute Gasteiger partial charge is 0.323 e. The highest BCUT2D eigenvalue weighted by Gasteiger charge is 1.99. The van der Waals surface area contributed by atoms with Gasteiger partial charge in [-0.1, -0.05) is 0 Å². The standard InChI is InChI=1S/C8H10N4O/c9-2-1-5-3-6-7(4-10-5)12-8(13)11-6/h3-4H,1-2,9H2,(H2,11,12,13). The molecule has 0 amide bonds. The van der Waals surface area contributed by atoms with Crippen molar-refractivity contribution in [3.8, 4) is 0 Å². The van der Waals surface area contributed by atoms with Gasteiger partial charge in [0.1, 0.15) is 0 Å². The van der Waals surface area contributed by atoms with Crippen molar-refractivity contribution in [1.82, 2.24) is 15.0 Å². The van der Waals surface area contributed by atoms with Crippen LogP contribution in [0, 0.1) is 0 Å². The molecular weight excluding hydrogens is 168 g/mol. The van der Waals surface area contributed by atoms with Gasteiger partial charge in [-0.15, -0.1) is 0 Å². The molecular formula is C8H10N4O. The number of nitrogens with zero attached hydrogens (tertiary/aromatic N) is 1. The molecule has 0 radical (unpaired) electrons. The van der Waals surface area contributed by atoms with E-state index in [0.717, 1.165) is 23.1 Å². The molecule has 2 aromatic heterocycles. The Morgan fingerprint density at radius 2 is 2.15 bits per heavy atom. The molecule has 68 valence electrons. The molecule has 0 fully saturated rings. The Balaban J connectivity index is 2.54. The van der Waals surface area contributed by atoms with E-state index in [4.69, 9.17) is 5.73 Å². The lowest BCUT2D eigenvalue weighted by Gasteiger charge is -1.95. The number of imidazole rings is 1. The highest BCUT2D eigenvalue weighted by atomic mass is 16.1. The van der Waals surface area contributed by atoms with Gasteiger partial charge in [0.2, 0.25) is 0 Å². The lowest BCUT2D eigenvalue weighted by Crippen LogP contribution is -2.03. The first-order valence-corrected chi connectivity index (χ1v) is 4.06. The molecule has 0 spiro atoms. The Bertz CT molecular complexity index is 470. The van der Waals surface area contributed by atoms with Gasteiger partial charge >= 0.3 is 5.69 Å². The minimum absolute atomic E-state index is 0.207. The van der Waals surface area contributed by atoms with Crippen molar-refractivity contribution in [1.29, 1.82) is 0 Å². The second kappa shape index (κ2) is 3.02. The van der Waals surface area contributed by atoms with Crippen molar-refractivity contribution in [2.45, 2.75) is 6.42 Å². The zero-order valence-corrected chi connectivity index (χ0v) is 7.00. The summed E-state index contributed by atoms with van der Waals surface area (Å²) in [5.74, 6) is 0. The van der Waals surface area contributed by atoms with E-state index in [2.05, 4.69) is 15.0 Å². The van der Waals surface area contributed by atoms with Crippen LogP contribution in [0.15, 0.2) is 17.1 Å². The van der Waals surface area contributed by atoms with Gasteiger partial charge in [-0.05, 0) is 12.6 Å². The van der Waals surface area contributed by atoms with Crippen LogP contribution in [-0.4, -0.2) is 21.5 Å². The number of pyridine rings is 1. The molecule has 0 atom stereocenters. The second-order valence-corrected chi connectivity index (χ2v) is 2.84. The van der Waals surface area contributed by atoms with Gasteiger partial charge in [0.15, 0.2) is 0 Å². The van der Waals surface area contributed by atoms with Gasteiger partial charge in [0, 0.05) is 12.1 Å². The predicted octanol–water partition coefficient (Wildman–Crippen LogP) is -0.248. The van der Waals surface area contributed by atoms with E-state index < -0.39 is 0 Å². The van der Waals surface area contributed by atoms with Crippen molar-refractivity contribution in [3.05, 3.63) is 28.4 Å². The Kier molecular flexibility index (Phi) is 1.86. The van der Waals surface area contributed by atoms with Gasteiger partial charge in [-0.3, -0.25) is 4.98 Å². The molecule has 0 bridgehead atoms. The van der Waals surface area contributed by atoms with Crippen molar-refractivity contribution in [2.75, 3.05) is 6.54 Å². The summed E-state index contributed by atoms with van der Waals surface area (Å²) < 4.78 is 0. The summed E-state index contributed by atoms with van der Waals surface area (Å²) in [6, 6.07) is 1.83. The van der Waals surface area contributed by atoms with Crippen LogP contribution in [0.1, 0.15) is 5.69 Å². The van der Waals surface area contributed by atoms with E-state index in [1.807, 2.05) is 6.07 Å². The number of rotatable bonds is 2. The van der Waals surface area contributed by atoms with Crippen molar-refractivity contribution in [2.24, 2.45) is 5.73 Å². The molecule has 0 aliphatic heterocycles. The zero-order chi connectivity index (χ0) is 9.26. The number of nitrogens with one attached hydrogen (secondary N) is 2. The Hall–Kier alpha value is -1.62. The number of fused-ring (bicyclic) bond motifs is 1. The molecule has 2 aromatic rings. The number of nitrogens with two attached hydrogens (primary N) is 1. The number of aromatic nitrogens is 3. The van der Waals surface area contributed by atoms with Gasteiger partial charge in [0.25, 0.3) is 0 Å². The van der Waals surface area contributed by atoms with Crippen molar-refractivity contribution in [3.63, 3.8) is 0 Å². The van der Waals surface area contributed by atoms with E-state index in [9.17, 15) is 4.79 Å². The molecule has 0 unspecified atom stereocenters. The maximum Gasteiger partial charge on any atom is 0.323 e. The third kappa shape index (κ3) is 1.46. The first kappa shape index (κ1) is 8.00. The van der Waals surface area contributed by atoms with Crippen LogP contribution in [-0.2, 0) is 6.42 Å². The molecule has 0 aliphatic rings. The topological polar surface area (TPSA) is 87.6 Å². The molecule has 2 rings (SSSR count). The van der Waals surface area contributed by atoms with Crippen LogP contribution in [0.2, 0.25) is 0 Å². The van der Waals surface area contributed by atoms with Gasteiger partial charge in [-0.2, -0.15) is 0 Å². The van der Waals surface area contributed by atoms with Gasteiger partial charge in [0.05, 0.1) is 17.2 Å². The lowest BCUT2D eigenvalue weighted by molar-refractivity contribution is 0.926. The van der Waals surface area contributed by atoms with Crippen molar-refractivity contribution >= 4 is 11.0 Å². The van der Waals surface area contributed by atoms with E-state index in [1.165, 1.54) is 0 Å². The maximum atomic E-state index is 10.9. The molecule has 0 aliphatic carbocycles. The Morgan fingerprint density at radius 3 is 2.92 bits per heavy atom. The summed E-state index contributed by atoms with van der Waals surface area (Å²) in [5.41, 5.74) is 7.59. The van der Waals surface area contributed by atoms with E-state index in [0.29, 0.717) is 6.54 Å². The average Bonchev–Trinajstić information content (AvgIpc) is 2.44. The number of aromatic amines is 2. The van der Waals surface area contributed by atoms with Crippen LogP contribution in [0.4, 0.5) is 0 Å². The first-order chi connectivity index (χ1) is 6.29. The summed E-state index contributed by atoms with van der Waals surface area (Å²) in [5, 5.41) is 0. The molecule has 2 heterocycles. The second-order valence-electron chi connectivity index (χ2n) is 2.84.